The van der Waals surface area contributed by atoms with Crippen molar-refractivity contribution in [3.8, 4) is 0 Å². The average molecular weight is 294 g/mol. The number of nitrogens with one attached hydrogen (secondary N) is 1. The number of aryl methyl sites for hydroxylation is 1. The normalized spacial score (nSPS) is 15.9. The zero-order valence-electron chi connectivity index (χ0n) is 12.1. The number of hydrogen-bond acceptors (Lipinski definition) is 3. The lowest BCUT2D eigenvalue weighted by atomic mass is 9.94. The van der Waals surface area contributed by atoms with Gasteiger partial charge in [0.25, 0.3) is 0 Å². The van der Waals surface area contributed by atoms with Crippen molar-refractivity contribution in [2.24, 2.45) is 5.92 Å². The van der Waals surface area contributed by atoms with Crippen molar-refractivity contribution in [2.75, 3.05) is 19.6 Å². The fraction of sp³-hybridized carbons (Fsp3) is 0.643. The number of hydrogen-bond donors (Lipinski definition) is 2. The van der Waals surface area contributed by atoms with Gasteiger partial charge in [-0.25, -0.2) is 4.79 Å². The first-order valence-corrected chi connectivity index (χ1v) is 7.37. The Bertz CT molecular complexity index is 453. The monoisotopic (exact) mass is 294 g/mol. The minimum Gasteiger partial charge on any atom is -0.481 e. The maximum atomic E-state index is 12.0. The molecule has 2 heterocycles. The van der Waals surface area contributed by atoms with E-state index in [1.54, 1.807) is 11.1 Å². The molecule has 0 atom stereocenters. The lowest BCUT2D eigenvalue weighted by Crippen LogP contribution is -2.45. The number of carboxylic acid groups (broad SMARTS) is 1. The lowest BCUT2D eigenvalue weighted by Gasteiger charge is -2.31. The first-order valence-electron chi connectivity index (χ1n) is 7.37. The molecule has 0 unspecified atom stereocenters. The van der Waals surface area contributed by atoms with E-state index in [1.165, 1.54) is 0 Å². The molecule has 0 radical (unpaired) electrons. The van der Waals surface area contributed by atoms with Gasteiger partial charge in [0, 0.05) is 45.0 Å². The highest BCUT2D eigenvalue weighted by molar-refractivity contribution is 5.74. The fourth-order valence-corrected chi connectivity index (χ4v) is 2.57. The summed E-state index contributed by atoms with van der Waals surface area (Å²) in [5.41, 5.74) is 0. The summed E-state index contributed by atoms with van der Waals surface area (Å²) >= 11 is 0. The summed E-state index contributed by atoms with van der Waals surface area (Å²) in [6.45, 7) is 2.69. The zero-order chi connectivity index (χ0) is 15.1. The van der Waals surface area contributed by atoms with Crippen LogP contribution in [0.25, 0.3) is 0 Å². The van der Waals surface area contributed by atoms with Crippen molar-refractivity contribution in [1.29, 1.82) is 0 Å². The van der Waals surface area contributed by atoms with Crippen molar-refractivity contribution in [3.05, 3.63) is 18.5 Å². The smallest absolute Gasteiger partial charge is 0.317 e. The van der Waals surface area contributed by atoms with E-state index < -0.39 is 5.97 Å². The van der Waals surface area contributed by atoms with Crippen LogP contribution in [0.2, 0.25) is 0 Å². The van der Waals surface area contributed by atoms with Crippen LogP contribution in [-0.2, 0) is 11.3 Å². The molecule has 0 bridgehead atoms. The highest BCUT2D eigenvalue weighted by atomic mass is 16.4. The van der Waals surface area contributed by atoms with Crippen LogP contribution in [0.3, 0.4) is 0 Å². The average Bonchev–Trinajstić information content (AvgIpc) is 2.97. The van der Waals surface area contributed by atoms with E-state index in [9.17, 15) is 9.59 Å². The third-order valence-corrected chi connectivity index (χ3v) is 3.76. The number of piperidine rings is 1. The van der Waals surface area contributed by atoms with Gasteiger partial charge in [-0.3, -0.25) is 9.48 Å². The van der Waals surface area contributed by atoms with Crippen LogP contribution in [-0.4, -0.2) is 51.4 Å². The summed E-state index contributed by atoms with van der Waals surface area (Å²) in [7, 11) is 0. The Morgan fingerprint density at radius 1 is 1.33 bits per heavy atom. The van der Waals surface area contributed by atoms with Gasteiger partial charge in [-0.15, -0.1) is 0 Å². The summed E-state index contributed by atoms with van der Waals surface area (Å²) in [6, 6.07) is 1.82. The highest BCUT2D eigenvalue weighted by Crippen LogP contribution is 2.20. The largest absolute Gasteiger partial charge is 0.481 e. The van der Waals surface area contributed by atoms with Crippen molar-refractivity contribution >= 4 is 12.0 Å². The van der Waals surface area contributed by atoms with Crippen molar-refractivity contribution in [2.45, 2.75) is 32.2 Å². The topological polar surface area (TPSA) is 87.5 Å². The molecule has 0 spiro atoms. The molecule has 2 rings (SSSR count). The summed E-state index contributed by atoms with van der Waals surface area (Å²) < 4.78 is 1.84. The molecule has 1 aromatic heterocycles. The van der Waals surface area contributed by atoms with Gasteiger partial charge in [-0.05, 0) is 31.2 Å². The molecule has 1 aromatic rings. The quantitative estimate of drug-likeness (QED) is 0.771. The number of carboxylic acids is 1. The Labute approximate surface area is 123 Å². The van der Waals surface area contributed by atoms with Crippen molar-refractivity contribution in [1.82, 2.24) is 20.0 Å². The molecule has 1 fully saturated rings. The van der Waals surface area contributed by atoms with Crippen LogP contribution >= 0.6 is 0 Å². The molecule has 7 nitrogen and oxygen atoms in total. The molecule has 116 valence electrons. The number of aliphatic carboxylic acids is 1. The van der Waals surface area contributed by atoms with Crippen LogP contribution in [0.4, 0.5) is 4.79 Å². The van der Waals surface area contributed by atoms with E-state index in [-0.39, 0.29) is 18.4 Å². The van der Waals surface area contributed by atoms with Gasteiger partial charge in [-0.1, -0.05) is 0 Å². The Kier molecular flexibility index (Phi) is 5.59. The van der Waals surface area contributed by atoms with E-state index in [0.29, 0.717) is 19.6 Å². The van der Waals surface area contributed by atoms with Gasteiger partial charge in [0.2, 0.25) is 0 Å². The third-order valence-electron chi connectivity index (χ3n) is 3.76. The minimum atomic E-state index is -0.753. The Morgan fingerprint density at radius 3 is 2.71 bits per heavy atom. The minimum absolute atomic E-state index is 0.0516. The number of carbonyl (C=O) groups is 2. The molecule has 2 N–H and O–H groups in total. The van der Waals surface area contributed by atoms with E-state index in [0.717, 1.165) is 25.8 Å². The standard InChI is InChI=1S/C14H22N4O3/c19-13(20)11-12-3-9-17(10-4-12)14(21)15-5-1-7-18-8-2-6-16-18/h2,6,8,12H,1,3-5,7,9-11H2,(H,15,21)(H,19,20). The van der Waals surface area contributed by atoms with Gasteiger partial charge < -0.3 is 15.3 Å². The summed E-state index contributed by atoms with van der Waals surface area (Å²) in [5.74, 6) is -0.553. The van der Waals surface area contributed by atoms with Crippen LogP contribution in [0, 0.1) is 5.92 Å². The van der Waals surface area contributed by atoms with Gasteiger partial charge >= 0.3 is 12.0 Å². The number of rotatable bonds is 6. The maximum Gasteiger partial charge on any atom is 0.317 e. The predicted molar refractivity (Wildman–Crippen MR) is 76.8 cm³/mol. The van der Waals surface area contributed by atoms with E-state index in [2.05, 4.69) is 10.4 Å². The van der Waals surface area contributed by atoms with Crippen molar-refractivity contribution in [3.63, 3.8) is 0 Å². The van der Waals surface area contributed by atoms with Crippen LogP contribution in [0.1, 0.15) is 25.7 Å². The summed E-state index contributed by atoms with van der Waals surface area (Å²) in [4.78, 5) is 24.4. The Morgan fingerprint density at radius 2 is 2.10 bits per heavy atom. The second-order valence-corrected chi connectivity index (χ2v) is 5.38. The number of urea groups is 1. The molecule has 2 amide bonds. The van der Waals surface area contributed by atoms with Gasteiger partial charge in [0.1, 0.15) is 0 Å². The second kappa shape index (κ2) is 7.66. The van der Waals surface area contributed by atoms with E-state index in [4.69, 9.17) is 5.11 Å². The first kappa shape index (κ1) is 15.3. The van der Waals surface area contributed by atoms with Crippen molar-refractivity contribution < 1.29 is 14.7 Å². The molecule has 0 saturated carbocycles. The first-order chi connectivity index (χ1) is 10.1. The van der Waals surface area contributed by atoms with E-state index >= 15 is 0 Å². The van der Waals surface area contributed by atoms with Crippen LogP contribution in [0.5, 0.6) is 0 Å². The van der Waals surface area contributed by atoms with Crippen LogP contribution < -0.4 is 5.32 Å². The Hall–Kier alpha value is -2.05. The van der Waals surface area contributed by atoms with E-state index in [1.807, 2.05) is 16.9 Å². The summed E-state index contributed by atoms with van der Waals surface area (Å²) in [6.07, 6.45) is 6.22. The summed E-state index contributed by atoms with van der Waals surface area (Å²) in [5, 5.41) is 15.8. The highest BCUT2D eigenvalue weighted by Gasteiger charge is 2.23. The SMILES string of the molecule is O=C(O)CC1CCN(C(=O)NCCCn2cccn2)CC1. The van der Waals surface area contributed by atoms with Gasteiger partial charge in [-0.2, -0.15) is 5.10 Å². The maximum absolute atomic E-state index is 12.0. The number of nitrogens with zero attached hydrogens (tertiary/aromatic N) is 3. The Balaban J connectivity index is 1.60. The lowest BCUT2D eigenvalue weighted by molar-refractivity contribution is -0.138. The molecule has 0 aliphatic carbocycles. The second-order valence-electron chi connectivity index (χ2n) is 5.38. The molecule has 1 aliphatic rings. The molecular formula is C14H22N4O3. The fourth-order valence-electron chi connectivity index (χ4n) is 2.57. The predicted octanol–water partition coefficient (Wildman–Crippen LogP) is 1.17. The number of carbonyl (C=O) groups excluding carboxylic acids is 1. The number of likely N-dealkylation sites (tertiary alicyclic amines) is 1. The van der Waals surface area contributed by atoms with Crippen LogP contribution in [0.15, 0.2) is 18.5 Å². The zero-order valence-corrected chi connectivity index (χ0v) is 12.1. The van der Waals surface area contributed by atoms with Gasteiger partial charge in [0.05, 0.1) is 0 Å². The molecular weight excluding hydrogens is 272 g/mol. The molecule has 1 aliphatic heterocycles. The number of amides is 2. The molecule has 0 aromatic carbocycles. The molecule has 7 heteroatoms. The van der Waals surface area contributed by atoms with Gasteiger partial charge in [0.15, 0.2) is 0 Å². The molecule has 1 saturated heterocycles. The third kappa shape index (κ3) is 5.09. The molecule has 21 heavy (non-hydrogen) atoms. The number of aromatic nitrogens is 2.